The molecule has 1 aromatic rings. The largest absolute Gasteiger partial charge is 0.338 e. The molecule has 6 heteroatoms. The summed E-state index contributed by atoms with van der Waals surface area (Å²) in [5.74, 6) is 0.555. The summed E-state index contributed by atoms with van der Waals surface area (Å²) in [4.78, 5) is 14.4. The first kappa shape index (κ1) is 17.4. The van der Waals surface area contributed by atoms with Crippen molar-refractivity contribution in [3.8, 4) is 0 Å². The summed E-state index contributed by atoms with van der Waals surface area (Å²) in [6.07, 6.45) is 3.48. The van der Waals surface area contributed by atoms with Gasteiger partial charge in [-0.3, -0.25) is 0 Å². The zero-order chi connectivity index (χ0) is 15.9. The van der Waals surface area contributed by atoms with Gasteiger partial charge in [-0.05, 0) is 63.0 Å². The van der Waals surface area contributed by atoms with Crippen molar-refractivity contribution in [1.82, 2.24) is 10.2 Å². The van der Waals surface area contributed by atoms with Crippen LogP contribution in [-0.2, 0) is 0 Å². The summed E-state index contributed by atoms with van der Waals surface area (Å²) in [6, 6.07) is 4.79. The second kappa shape index (κ2) is 8.61. The maximum Gasteiger partial charge on any atom is 0.319 e. The number of nitrogens with one attached hydrogen (secondary N) is 2. The van der Waals surface area contributed by atoms with E-state index in [1.165, 1.54) is 13.0 Å². The number of benzene rings is 1. The van der Waals surface area contributed by atoms with Crippen molar-refractivity contribution >= 4 is 34.9 Å². The fraction of sp³-hybridized carbons (Fsp3) is 0.562. The van der Waals surface area contributed by atoms with E-state index in [1.54, 1.807) is 18.2 Å². The van der Waals surface area contributed by atoms with Crippen LogP contribution < -0.4 is 10.6 Å². The lowest BCUT2D eigenvalue weighted by Gasteiger charge is -2.31. The molecule has 1 aliphatic rings. The number of halogens is 2. The quantitative estimate of drug-likeness (QED) is 0.839. The van der Waals surface area contributed by atoms with Gasteiger partial charge in [-0.25, -0.2) is 4.79 Å². The third kappa shape index (κ3) is 5.34. The smallest absolute Gasteiger partial charge is 0.319 e. The number of carbonyl (C=O) groups is 1. The average Bonchev–Trinajstić information content (AvgIpc) is 2.50. The Balaban J connectivity index is 1.72. The topological polar surface area (TPSA) is 44.4 Å². The Labute approximate surface area is 142 Å². The molecule has 4 nitrogen and oxygen atoms in total. The average molecular weight is 344 g/mol. The standard InChI is InChI=1S/C16H23Cl2N3O/c1-2-7-21-8-5-12(6-9-21)11-19-16(22)20-15-4-3-13(17)10-14(15)18/h3-4,10,12H,2,5-9,11H2,1H3,(H2,19,20,22). The van der Waals surface area contributed by atoms with E-state index in [0.29, 0.717) is 28.2 Å². The second-order valence-corrected chi connectivity index (χ2v) is 6.59. The molecule has 22 heavy (non-hydrogen) atoms. The van der Waals surface area contributed by atoms with Gasteiger partial charge in [0.1, 0.15) is 0 Å². The lowest BCUT2D eigenvalue weighted by Crippen LogP contribution is -2.40. The highest BCUT2D eigenvalue weighted by Gasteiger charge is 2.19. The molecule has 0 unspecified atom stereocenters. The van der Waals surface area contributed by atoms with Gasteiger partial charge in [0, 0.05) is 11.6 Å². The lowest BCUT2D eigenvalue weighted by molar-refractivity contribution is 0.182. The van der Waals surface area contributed by atoms with E-state index in [1.807, 2.05) is 0 Å². The molecule has 2 rings (SSSR count). The maximum absolute atomic E-state index is 11.9. The number of piperidine rings is 1. The number of anilines is 1. The van der Waals surface area contributed by atoms with Crippen LogP contribution >= 0.6 is 23.2 Å². The van der Waals surface area contributed by atoms with E-state index in [9.17, 15) is 4.79 Å². The first-order valence-corrected chi connectivity index (χ1v) is 8.56. The Morgan fingerprint density at radius 1 is 1.32 bits per heavy atom. The summed E-state index contributed by atoms with van der Waals surface area (Å²) in [6.45, 7) is 6.35. The van der Waals surface area contributed by atoms with E-state index < -0.39 is 0 Å². The number of rotatable bonds is 5. The van der Waals surface area contributed by atoms with Crippen molar-refractivity contribution in [3.63, 3.8) is 0 Å². The van der Waals surface area contributed by atoms with Crippen LogP contribution in [-0.4, -0.2) is 37.1 Å². The van der Waals surface area contributed by atoms with Crippen molar-refractivity contribution in [2.75, 3.05) is 31.5 Å². The van der Waals surface area contributed by atoms with E-state index in [2.05, 4.69) is 22.5 Å². The Morgan fingerprint density at radius 3 is 2.68 bits per heavy atom. The summed E-state index contributed by atoms with van der Waals surface area (Å²) in [5.41, 5.74) is 0.571. The fourth-order valence-corrected chi connectivity index (χ4v) is 3.18. The van der Waals surface area contributed by atoms with Gasteiger partial charge in [0.05, 0.1) is 10.7 Å². The SMILES string of the molecule is CCCN1CCC(CNC(=O)Nc2ccc(Cl)cc2Cl)CC1. The van der Waals surface area contributed by atoms with Crippen molar-refractivity contribution < 1.29 is 4.79 Å². The molecule has 122 valence electrons. The third-order valence-corrected chi connectivity index (χ3v) is 4.53. The van der Waals surface area contributed by atoms with E-state index in [4.69, 9.17) is 23.2 Å². The van der Waals surface area contributed by atoms with Gasteiger partial charge in [0.25, 0.3) is 0 Å². The van der Waals surface area contributed by atoms with Gasteiger partial charge in [-0.1, -0.05) is 30.1 Å². The lowest BCUT2D eigenvalue weighted by atomic mass is 9.97. The Bertz CT molecular complexity index is 502. The predicted molar refractivity (Wildman–Crippen MR) is 92.9 cm³/mol. The van der Waals surface area contributed by atoms with Gasteiger partial charge < -0.3 is 15.5 Å². The monoisotopic (exact) mass is 343 g/mol. The minimum atomic E-state index is -0.222. The van der Waals surface area contributed by atoms with Gasteiger partial charge in [0.15, 0.2) is 0 Å². The highest BCUT2D eigenvalue weighted by atomic mass is 35.5. The zero-order valence-electron chi connectivity index (χ0n) is 12.9. The van der Waals surface area contributed by atoms with Gasteiger partial charge in [0.2, 0.25) is 0 Å². The molecule has 0 radical (unpaired) electrons. The third-order valence-electron chi connectivity index (χ3n) is 3.98. The van der Waals surface area contributed by atoms with Gasteiger partial charge >= 0.3 is 6.03 Å². The van der Waals surface area contributed by atoms with Crippen molar-refractivity contribution in [1.29, 1.82) is 0 Å². The molecule has 0 aromatic heterocycles. The summed E-state index contributed by atoms with van der Waals surface area (Å²) >= 11 is 11.9. The Hall–Kier alpha value is -0.970. The van der Waals surface area contributed by atoms with Crippen molar-refractivity contribution in [2.24, 2.45) is 5.92 Å². The number of urea groups is 1. The molecule has 0 bridgehead atoms. The molecule has 1 saturated heterocycles. The summed E-state index contributed by atoms with van der Waals surface area (Å²) in [7, 11) is 0. The summed E-state index contributed by atoms with van der Waals surface area (Å²) < 4.78 is 0. The Kier molecular flexibility index (Phi) is 6.80. The molecule has 0 atom stereocenters. The first-order chi connectivity index (χ1) is 10.6. The van der Waals surface area contributed by atoms with Crippen LogP contribution in [0.25, 0.3) is 0 Å². The number of nitrogens with zero attached hydrogens (tertiary/aromatic N) is 1. The molecule has 1 heterocycles. The number of hydrogen-bond donors (Lipinski definition) is 2. The van der Waals surface area contributed by atoms with Crippen molar-refractivity contribution in [3.05, 3.63) is 28.2 Å². The molecule has 2 N–H and O–H groups in total. The minimum absolute atomic E-state index is 0.222. The molecular weight excluding hydrogens is 321 g/mol. The highest BCUT2D eigenvalue weighted by molar-refractivity contribution is 6.36. The molecule has 1 aliphatic heterocycles. The van der Waals surface area contributed by atoms with Crippen LogP contribution in [0.3, 0.4) is 0 Å². The van der Waals surface area contributed by atoms with Gasteiger partial charge in [-0.2, -0.15) is 0 Å². The molecule has 2 amide bonds. The summed E-state index contributed by atoms with van der Waals surface area (Å²) in [5, 5.41) is 6.68. The molecule has 0 spiro atoms. The minimum Gasteiger partial charge on any atom is -0.338 e. The van der Waals surface area contributed by atoms with Crippen LogP contribution in [0.5, 0.6) is 0 Å². The van der Waals surface area contributed by atoms with E-state index in [0.717, 1.165) is 25.9 Å². The number of hydrogen-bond acceptors (Lipinski definition) is 2. The predicted octanol–water partition coefficient (Wildman–Crippen LogP) is 4.24. The highest BCUT2D eigenvalue weighted by Crippen LogP contribution is 2.25. The van der Waals surface area contributed by atoms with Crippen LogP contribution in [0.2, 0.25) is 10.0 Å². The normalized spacial score (nSPS) is 16.5. The molecular formula is C16H23Cl2N3O. The van der Waals surface area contributed by atoms with E-state index >= 15 is 0 Å². The molecule has 0 aliphatic carbocycles. The van der Waals surface area contributed by atoms with Crippen LogP contribution in [0.15, 0.2) is 18.2 Å². The number of likely N-dealkylation sites (tertiary alicyclic amines) is 1. The fourth-order valence-electron chi connectivity index (χ4n) is 2.72. The van der Waals surface area contributed by atoms with Crippen LogP contribution in [0.1, 0.15) is 26.2 Å². The first-order valence-electron chi connectivity index (χ1n) is 7.80. The molecule has 1 fully saturated rings. The Morgan fingerprint density at radius 2 is 2.05 bits per heavy atom. The second-order valence-electron chi connectivity index (χ2n) is 5.74. The maximum atomic E-state index is 11.9. The molecule has 0 saturated carbocycles. The van der Waals surface area contributed by atoms with E-state index in [-0.39, 0.29) is 6.03 Å². The number of carbonyl (C=O) groups excluding carboxylic acids is 1. The van der Waals surface area contributed by atoms with Crippen LogP contribution in [0.4, 0.5) is 10.5 Å². The zero-order valence-corrected chi connectivity index (χ0v) is 14.4. The molecule has 1 aromatic carbocycles. The van der Waals surface area contributed by atoms with Crippen molar-refractivity contribution in [2.45, 2.75) is 26.2 Å². The van der Waals surface area contributed by atoms with Crippen LogP contribution in [0, 0.1) is 5.92 Å². The number of amides is 2. The van der Waals surface area contributed by atoms with Gasteiger partial charge in [-0.15, -0.1) is 0 Å².